The largest absolute Gasteiger partial charge is 0.497 e. The molecule has 0 aliphatic carbocycles. The van der Waals surface area contributed by atoms with Gasteiger partial charge in [0.1, 0.15) is 5.75 Å². The number of rotatable bonds is 6. The van der Waals surface area contributed by atoms with E-state index in [4.69, 9.17) is 4.74 Å². The van der Waals surface area contributed by atoms with Gasteiger partial charge in [-0.15, -0.1) is 0 Å². The lowest BCUT2D eigenvalue weighted by Gasteiger charge is -2.40. The number of hydrogen-bond donors (Lipinski definition) is 2. The lowest BCUT2D eigenvalue weighted by molar-refractivity contribution is 0.0600. The van der Waals surface area contributed by atoms with Crippen LogP contribution in [0.2, 0.25) is 0 Å². The number of aromatic nitrogens is 3. The summed E-state index contributed by atoms with van der Waals surface area (Å²) < 4.78 is 7.30. The molecule has 2 saturated heterocycles. The molecule has 9 heteroatoms. The minimum Gasteiger partial charge on any atom is -0.497 e. The number of aryl methyl sites for hydroxylation is 1. The number of methoxy groups -OCH3 is 1. The zero-order valence-electron chi connectivity index (χ0n) is 22.6. The van der Waals surface area contributed by atoms with Crippen LogP contribution in [0.4, 0.5) is 11.5 Å². The number of hydrogen-bond acceptors (Lipinski definition) is 7. The maximum atomic E-state index is 13.4. The standard InChI is InChI=1S/C30H35N7O2/c1-21-19-23(5-8-26(21)30(38)36-14-9-24(10-15-36)35-16-11-31-12-17-35)34-28-29-33-20-27(37(29)18-13-32-28)22-3-6-25(39-2)7-4-22/h3-8,13,18-20,24,31H,9-12,14-17H2,1-2H3,(H,32,34). The van der Waals surface area contributed by atoms with E-state index < -0.39 is 0 Å². The number of nitrogens with zero attached hydrogens (tertiary/aromatic N) is 5. The second-order valence-corrected chi connectivity index (χ2v) is 10.3. The molecule has 2 aromatic heterocycles. The second kappa shape index (κ2) is 11.0. The normalized spacial score (nSPS) is 16.9. The number of carbonyl (C=O) groups excluding carboxylic acids is 1. The number of anilines is 2. The molecule has 9 nitrogen and oxygen atoms in total. The van der Waals surface area contributed by atoms with E-state index in [9.17, 15) is 4.79 Å². The van der Waals surface area contributed by atoms with Crippen molar-refractivity contribution in [2.75, 3.05) is 51.7 Å². The van der Waals surface area contributed by atoms with Gasteiger partial charge in [-0.1, -0.05) is 0 Å². The number of benzene rings is 2. The first kappa shape index (κ1) is 25.3. The number of amides is 1. The van der Waals surface area contributed by atoms with Gasteiger partial charge in [0.05, 0.1) is 19.0 Å². The van der Waals surface area contributed by atoms with Crippen molar-refractivity contribution >= 4 is 23.1 Å². The van der Waals surface area contributed by atoms with E-state index in [2.05, 4.69) is 25.5 Å². The molecule has 2 aliphatic heterocycles. The molecule has 4 heterocycles. The first-order chi connectivity index (χ1) is 19.1. The number of carbonyl (C=O) groups is 1. The average molecular weight is 526 g/mol. The van der Waals surface area contributed by atoms with Gasteiger partial charge < -0.3 is 20.3 Å². The molecule has 1 amide bonds. The van der Waals surface area contributed by atoms with Crippen LogP contribution >= 0.6 is 0 Å². The van der Waals surface area contributed by atoms with Crippen LogP contribution in [-0.2, 0) is 0 Å². The molecule has 2 aliphatic rings. The highest BCUT2D eigenvalue weighted by molar-refractivity contribution is 5.96. The summed E-state index contributed by atoms with van der Waals surface area (Å²) in [5.74, 6) is 1.59. The Morgan fingerprint density at radius 3 is 2.51 bits per heavy atom. The number of nitrogens with one attached hydrogen (secondary N) is 2. The van der Waals surface area contributed by atoms with Gasteiger partial charge in [-0.05, 0) is 67.8 Å². The van der Waals surface area contributed by atoms with Crippen molar-refractivity contribution in [3.05, 3.63) is 72.2 Å². The van der Waals surface area contributed by atoms with Crippen molar-refractivity contribution in [3.63, 3.8) is 0 Å². The van der Waals surface area contributed by atoms with Crippen LogP contribution in [0.25, 0.3) is 16.9 Å². The summed E-state index contributed by atoms with van der Waals surface area (Å²) in [5.41, 5.74) is 5.31. The molecule has 0 atom stereocenters. The van der Waals surface area contributed by atoms with Crippen LogP contribution in [0.5, 0.6) is 5.75 Å². The molecule has 6 rings (SSSR count). The number of ether oxygens (including phenoxy) is 1. The van der Waals surface area contributed by atoms with Gasteiger partial charge in [0.25, 0.3) is 5.91 Å². The highest BCUT2D eigenvalue weighted by Crippen LogP contribution is 2.28. The SMILES string of the molecule is COc1ccc(-c2cnc3c(Nc4ccc(C(=O)N5CCC(N6CCNCC6)CC5)c(C)c4)nccn23)cc1. The number of likely N-dealkylation sites (tertiary alicyclic amines) is 1. The van der Waals surface area contributed by atoms with Crippen LogP contribution in [0.15, 0.2) is 61.1 Å². The number of piperazine rings is 1. The van der Waals surface area contributed by atoms with E-state index in [1.54, 1.807) is 13.3 Å². The quantitative estimate of drug-likeness (QED) is 0.394. The van der Waals surface area contributed by atoms with Gasteiger partial charge in [-0.3, -0.25) is 14.1 Å². The predicted octanol–water partition coefficient (Wildman–Crippen LogP) is 3.97. The third-order valence-electron chi connectivity index (χ3n) is 7.95. The lowest BCUT2D eigenvalue weighted by atomic mass is 10.00. The summed E-state index contributed by atoms with van der Waals surface area (Å²) >= 11 is 0. The number of piperidine rings is 1. The lowest BCUT2D eigenvalue weighted by Crippen LogP contribution is -2.52. The predicted molar refractivity (Wildman–Crippen MR) is 153 cm³/mol. The van der Waals surface area contributed by atoms with Crippen molar-refractivity contribution < 1.29 is 9.53 Å². The highest BCUT2D eigenvalue weighted by Gasteiger charge is 2.28. The van der Waals surface area contributed by atoms with Gasteiger partial charge in [0.2, 0.25) is 0 Å². The Morgan fingerprint density at radius 2 is 1.79 bits per heavy atom. The fraction of sp³-hybridized carbons (Fsp3) is 0.367. The molecule has 202 valence electrons. The molecule has 0 spiro atoms. The first-order valence-corrected chi connectivity index (χ1v) is 13.7. The Labute approximate surface area is 228 Å². The summed E-state index contributed by atoms with van der Waals surface area (Å²) in [7, 11) is 1.66. The van der Waals surface area contributed by atoms with E-state index in [0.29, 0.717) is 11.9 Å². The van der Waals surface area contributed by atoms with Gasteiger partial charge in [0, 0.05) is 74.5 Å². The summed E-state index contributed by atoms with van der Waals surface area (Å²) in [6.45, 7) is 7.97. The van der Waals surface area contributed by atoms with Gasteiger partial charge >= 0.3 is 0 Å². The van der Waals surface area contributed by atoms with E-state index in [0.717, 1.165) is 91.6 Å². The Bertz CT molecular complexity index is 1450. The van der Waals surface area contributed by atoms with Crippen LogP contribution in [-0.4, -0.2) is 82.5 Å². The highest BCUT2D eigenvalue weighted by atomic mass is 16.5. The Hall–Kier alpha value is -3.95. The van der Waals surface area contributed by atoms with Crippen molar-refractivity contribution in [2.45, 2.75) is 25.8 Å². The van der Waals surface area contributed by atoms with Crippen LogP contribution < -0.4 is 15.4 Å². The maximum Gasteiger partial charge on any atom is 0.254 e. The second-order valence-electron chi connectivity index (χ2n) is 10.3. The zero-order chi connectivity index (χ0) is 26.8. The van der Waals surface area contributed by atoms with Crippen LogP contribution in [0.3, 0.4) is 0 Å². The first-order valence-electron chi connectivity index (χ1n) is 13.7. The van der Waals surface area contributed by atoms with E-state index >= 15 is 0 Å². The summed E-state index contributed by atoms with van der Waals surface area (Å²) in [6.07, 6.45) is 7.61. The van der Waals surface area contributed by atoms with Crippen molar-refractivity contribution in [1.29, 1.82) is 0 Å². The van der Waals surface area contributed by atoms with E-state index in [-0.39, 0.29) is 5.91 Å². The minimum atomic E-state index is 0.121. The monoisotopic (exact) mass is 525 g/mol. The van der Waals surface area contributed by atoms with Crippen molar-refractivity contribution in [3.8, 4) is 17.0 Å². The Kier molecular flexibility index (Phi) is 7.17. The minimum absolute atomic E-state index is 0.121. The average Bonchev–Trinajstić information content (AvgIpc) is 3.43. The molecule has 2 N–H and O–H groups in total. The summed E-state index contributed by atoms with van der Waals surface area (Å²) in [5, 5.41) is 6.83. The van der Waals surface area contributed by atoms with Gasteiger partial charge in [0.15, 0.2) is 11.5 Å². The molecule has 4 aromatic rings. The Balaban J connectivity index is 1.15. The fourth-order valence-electron chi connectivity index (χ4n) is 5.75. The zero-order valence-corrected chi connectivity index (χ0v) is 22.6. The maximum absolute atomic E-state index is 13.4. The Morgan fingerprint density at radius 1 is 1.03 bits per heavy atom. The van der Waals surface area contributed by atoms with E-state index in [1.165, 1.54) is 0 Å². The van der Waals surface area contributed by atoms with Crippen LogP contribution in [0.1, 0.15) is 28.8 Å². The number of imidazole rings is 1. The topological polar surface area (TPSA) is 87.0 Å². The fourth-order valence-corrected chi connectivity index (χ4v) is 5.75. The van der Waals surface area contributed by atoms with Gasteiger partial charge in [-0.25, -0.2) is 9.97 Å². The molecule has 39 heavy (non-hydrogen) atoms. The molecular formula is C30H35N7O2. The van der Waals surface area contributed by atoms with Crippen molar-refractivity contribution in [2.24, 2.45) is 0 Å². The number of fused-ring (bicyclic) bond motifs is 1. The molecule has 0 bridgehead atoms. The molecule has 0 saturated carbocycles. The molecule has 2 aromatic carbocycles. The molecular weight excluding hydrogens is 490 g/mol. The smallest absolute Gasteiger partial charge is 0.254 e. The third kappa shape index (κ3) is 5.20. The summed E-state index contributed by atoms with van der Waals surface area (Å²) in [4.78, 5) is 27.2. The van der Waals surface area contributed by atoms with Gasteiger partial charge in [-0.2, -0.15) is 0 Å². The van der Waals surface area contributed by atoms with E-state index in [1.807, 2.05) is 71.1 Å². The molecule has 0 radical (unpaired) electrons. The van der Waals surface area contributed by atoms with Crippen molar-refractivity contribution in [1.82, 2.24) is 29.5 Å². The summed E-state index contributed by atoms with van der Waals surface area (Å²) in [6, 6.07) is 14.4. The third-order valence-corrected chi connectivity index (χ3v) is 7.95. The van der Waals surface area contributed by atoms with Crippen LogP contribution in [0, 0.1) is 6.92 Å². The molecule has 2 fully saturated rings. The molecule has 0 unspecified atom stereocenters.